The molecule has 18 rings (SSSR count). The van der Waals surface area contributed by atoms with Gasteiger partial charge in [-0.25, -0.2) is 24.5 Å². The van der Waals surface area contributed by atoms with Gasteiger partial charge in [-0.15, -0.1) is 12.4 Å². The number of ether oxygens (including phenoxy) is 2. The van der Waals surface area contributed by atoms with Crippen molar-refractivity contribution < 1.29 is 78.7 Å². The Kier molecular flexibility index (Phi) is 37.5. The third-order valence-corrected chi connectivity index (χ3v) is 30.1. The standard InChI is InChI=1S/C37H51F3N6O3.C32H43F3N6O.C22H23F3N4O2.C15H28N2O2.ClH/c1-36(2,3)49-35(48)45-20-14-27(15-21-45)26-12-18-44(19-13-26)23-25-4-6-28(7-5-25)32-24-46(29-8-10-30(47)11-9-29)33-31(32)22-42-34(43-33)41-17-16-37(38,39)40;33-32(34,35)13-16-37-31-38-19-28-29(21-41(30(28)39-31)26-5-7-27(42)8-6-26)25-3-1-22(2-4-25)20-40-17-11-24(12-18-40)23-9-14-36-15-10-23;23-22(24,25)9-10-26-21-27-11-18-19(15-3-1-14(13-30)2-4-15)12-29(20(18)28-21)16-5-7-17(31)8-6-16;1-15(2,3)19-14(18)17-10-6-13(7-11-17)12-4-8-16-9-5-12;/h4-7,22,24,26-27,29-30,47H,8-21,23H2,1-3H3,(H,41,42,43);1-4,19,21,23-24,26-27,36,42H,5-18,20H2,(H,37,38,39);1-4,11-13,16-17,31H,5-10H2,(H,26,27,28);12-13,16H,4-11H2,1-3H3;1H. The molecule has 3 aromatic carbocycles. The topological polar surface area (TPSA) is 296 Å². The Balaban J connectivity index is 0.000000157. The lowest BCUT2D eigenvalue weighted by Gasteiger charge is -2.40. The minimum Gasteiger partial charge on any atom is -0.444 e. The van der Waals surface area contributed by atoms with Crippen molar-refractivity contribution in [3.8, 4) is 33.4 Å². The van der Waals surface area contributed by atoms with Crippen LogP contribution in [0.1, 0.15) is 255 Å². The molecule has 6 aliphatic heterocycles. The first kappa shape index (κ1) is 108. The van der Waals surface area contributed by atoms with Crippen molar-refractivity contribution in [2.75, 3.05) is 114 Å². The van der Waals surface area contributed by atoms with Gasteiger partial charge in [0.05, 0.1) is 37.6 Å². The Morgan fingerprint density at radius 2 is 0.641 bits per heavy atom. The van der Waals surface area contributed by atoms with E-state index in [1.165, 1.54) is 75.6 Å². The monoisotopic (exact) mass is 2010 g/mol. The Morgan fingerprint density at radius 1 is 0.380 bits per heavy atom. The lowest BCUT2D eigenvalue weighted by atomic mass is 9.79. The number of amides is 2. The molecule has 36 heteroatoms. The van der Waals surface area contributed by atoms with Gasteiger partial charge >= 0.3 is 30.7 Å². The van der Waals surface area contributed by atoms with Crippen LogP contribution in [0.5, 0.6) is 0 Å². The number of rotatable bonds is 23. The summed E-state index contributed by atoms with van der Waals surface area (Å²) < 4.78 is 131. The first-order valence-electron chi connectivity index (χ1n) is 51.6. The van der Waals surface area contributed by atoms with Crippen molar-refractivity contribution in [3.05, 3.63) is 127 Å². The van der Waals surface area contributed by atoms with Gasteiger partial charge in [0.15, 0.2) is 0 Å². The number of carbonyl (C=O) groups excluding carboxylic acids is 3. The highest BCUT2D eigenvalue weighted by atomic mass is 35.5. The van der Waals surface area contributed by atoms with Crippen LogP contribution < -0.4 is 26.6 Å². The average molecular weight is 2010 g/mol. The highest BCUT2D eigenvalue weighted by Gasteiger charge is 2.38. The van der Waals surface area contributed by atoms with Gasteiger partial charge in [-0.3, -0.25) is 14.6 Å². The first-order chi connectivity index (χ1) is 67.4. The van der Waals surface area contributed by atoms with E-state index in [0.717, 1.165) is 241 Å². The maximum Gasteiger partial charge on any atom is 0.410 e. The normalized spacial score (nSPS) is 21.9. The minimum absolute atomic E-state index is 0. The van der Waals surface area contributed by atoms with E-state index in [-0.39, 0.29) is 104 Å². The summed E-state index contributed by atoms with van der Waals surface area (Å²) in [6.07, 6.45) is 18.9. The van der Waals surface area contributed by atoms with Crippen molar-refractivity contribution in [2.45, 2.75) is 294 Å². The molecule has 9 fully saturated rings. The second-order valence-corrected chi connectivity index (χ2v) is 42.6. The maximum absolute atomic E-state index is 12.7. The molecule has 8 N–H and O–H groups in total. The zero-order valence-corrected chi connectivity index (χ0v) is 83.8. The molecule has 3 saturated carbocycles. The maximum atomic E-state index is 12.7. The molecule has 9 aliphatic rings. The number of aliphatic hydroxyl groups is 3. The second-order valence-electron chi connectivity index (χ2n) is 42.6. The molecular formula is C106H146ClF9N18O8. The van der Waals surface area contributed by atoms with E-state index in [2.05, 4.69) is 136 Å². The number of benzene rings is 3. The molecule has 6 aromatic heterocycles. The van der Waals surface area contributed by atoms with E-state index < -0.39 is 43.4 Å². The molecule has 0 bridgehead atoms. The SMILES string of the molecule is CC(C)(C)OC(=O)N1CCC(C2CCN(Cc3ccc(-c4cn(C5CCC(O)CC5)c5nc(NCCC(F)(F)F)ncc45)cc3)CC2)CC1.CC(C)(C)OC(=O)N1CCC(C2CCNCC2)CC1.Cl.O=Cc1ccc(-c2cn(C3CCC(O)CC3)c3nc(NCCC(F)(F)F)ncc23)cc1.OC1CCC(n2cc(-c3ccc(CN4CCC(C5CCNCC5)CC4)cc3)c3cnc(NCCC(F)(F)F)nc32)CC1. The number of aliphatic hydroxyl groups excluding tert-OH is 3. The van der Waals surface area contributed by atoms with Gasteiger partial charge in [0.1, 0.15) is 34.4 Å². The molecule has 6 saturated heterocycles. The van der Waals surface area contributed by atoms with Gasteiger partial charge < -0.3 is 74.9 Å². The Bertz CT molecular complexity index is 5470. The number of hydrogen-bond donors (Lipinski definition) is 8. The van der Waals surface area contributed by atoms with E-state index in [4.69, 9.17) is 9.47 Å². The number of nitrogens with one attached hydrogen (secondary N) is 5. The van der Waals surface area contributed by atoms with E-state index in [1.807, 2.05) is 74.2 Å². The third kappa shape index (κ3) is 30.8. The summed E-state index contributed by atoms with van der Waals surface area (Å²) >= 11 is 0. The molecule has 142 heavy (non-hydrogen) atoms. The molecule has 12 heterocycles. The number of carbonyl (C=O) groups is 3. The molecular weight excluding hydrogens is 1860 g/mol. The van der Waals surface area contributed by atoms with Crippen LogP contribution in [0.2, 0.25) is 0 Å². The number of halogens is 10. The predicted molar refractivity (Wildman–Crippen MR) is 538 cm³/mol. The van der Waals surface area contributed by atoms with Gasteiger partial charge in [-0.05, 0) is 311 Å². The van der Waals surface area contributed by atoms with Crippen molar-refractivity contribution in [3.63, 3.8) is 0 Å². The molecule has 3 aliphatic carbocycles. The van der Waals surface area contributed by atoms with Crippen LogP contribution in [0.15, 0.2) is 110 Å². The third-order valence-electron chi connectivity index (χ3n) is 30.1. The summed E-state index contributed by atoms with van der Waals surface area (Å²) in [5.41, 5.74) is 10.2. The second kappa shape index (κ2) is 49.1. The highest BCUT2D eigenvalue weighted by molar-refractivity contribution is 5.96. The predicted octanol–water partition coefficient (Wildman–Crippen LogP) is 21.8. The van der Waals surface area contributed by atoms with Crippen LogP contribution in [0, 0.1) is 35.5 Å². The number of nitrogens with zero attached hydrogens (tertiary/aromatic N) is 13. The van der Waals surface area contributed by atoms with Gasteiger partial charge in [0, 0.05) is 153 Å². The molecule has 26 nitrogen and oxygen atoms in total. The lowest BCUT2D eigenvalue weighted by Crippen LogP contribution is -2.44. The van der Waals surface area contributed by atoms with Crippen LogP contribution in [0.4, 0.5) is 66.9 Å². The van der Waals surface area contributed by atoms with E-state index in [0.29, 0.717) is 54.4 Å². The Labute approximate surface area is 833 Å². The zero-order valence-electron chi connectivity index (χ0n) is 83.0. The lowest BCUT2D eigenvalue weighted by molar-refractivity contribution is -0.132. The van der Waals surface area contributed by atoms with Gasteiger partial charge in [0.25, 0.3) is 0 Å². The van der Waals surface area contributed by atoms with Crippen LogP contribution in [0.25, 0.3) is 66.5 Å². The number of piperidine rings is 6. The molecule has 0 unspecified atom stereocenters. The van der Waals surface area contributed by atoms with E-state index >= 15 is 0 Å². The van der Waals surface area contributed by atoms with Gasteiger partial charge in [-0.2, -0.15) is 54.5 Å². The van der Waals surface area contributed by atoms with Crippen molar-refractivity contribution in [1.82, 2.24) is 73.8 Å². The van der Waals surface area contributed by atoms with Crippen LogP contribution in [-0.2, 0) is 22.6 Å². The summed E-state index contributed by atoms with van der Waals surface area (Å²) in [6, 6.07) is 25.0. The highest BCUT2D eigenvalue weighted by Crippen LogP contribution is 2.44. The Morgan fingerprint density at radius 3 is 0.901 bits per heavy atom. The van der Waals surface area contributed by atoms with Gasteiger partial charge in [0.2, 0.25) is 17.8 Å². The largest absolute Gasteiger partial charge is 0.444 e. The molecule has 2 amide bonds. The first-order valence-corrected chi connectivity index (χ1v) is 51.6. The number of likely N-dealkylation sites (tertiary alicyclic amines) is 4. The molecule has 0 spiro atoms. The number of hydrogen-bond acceptors (Lipinski definition) is 21. The zero-order chi connectivity index (χ0) is 99.8. The summed E-state index contributed by atoms with van der Waals surface area (Å²) in [4.78, 5) is 71.1. The summed E-state index contributed by atoms with van der Waals surface area (Å²) in [7, 11) is 0. The molecule has 0 radical (unpaired) electrons. The van der Waals surface area contributed by atoms with E-state index in [1.54, 1.807) is 30.7 Å². The van der Waals surface area contributed by atoms with Crippen LogP contribution in [-0.4, -0.2) is 243 Å². The van der Waals surface area contributed by atoms with Crippen molar-refractivity contribution in [2.24, 2.45) is 35.5 Å². The van der Waals surface area contributed by atoms with Crippen LogP contribution >= 0.6 is 12.4 Å². The number of fused-ring (bicyclic) bond motifs is 3. The summed E-state index contributed by atoms with van der Waals surface area (Å²) in [6.45, 7) is 24.9. The smallest absolute Gasteiger partial charge is 0.410 e. The van der Waals surface area contributed by atoms with Crippen molar-refractivity contribution in [1.29, 1.82) is 0 Å². The van der Waals surface area contributed by atoms with Crippen molar-refractivity contribution >= 4 is 81.8 Å². The van der Waals surface area contributed by atoms with E-state index in [9.17, 15) is 69.2 Å². The fourth-order valence-corrected chi connectivity index (χ4v) is 22.2. The molecule has 0 atom stereocenters. The molecule has 778 valence electrons. The number of aromatic nitrogens is 9. The van der Waals surface area contributed by atoms with Gasteiger partial charge in [-0.1, -0.05) is 72.8 Å². The fraction of sp³-hybridized carbons (Fsp3) is 0.632. The minimum atomic E-state index is -4.25. The average Bonchev–Trinajstić information content (AvgIpc) is 1.62. The molecule has 9 aromatic rings. The number of aldehydes is 1. The quantitative estimate of drug-likeness (QED) is 0.0218. The fourth-order valence-electron chi connectivity index (χ4n) is 22.2. The number of alkyl halides is 9. The summed E-state index contributed by atoms with van der Waals surface area (Å²) in [5.74, 6) is 5.33. The Hall–Kier alpha value is -9.49. The summed E-state index contributed by atoms with van der Waals surface area (Å²) in [5, 5.41) is 47.6. The number of anilines is 3. The van der Waals surface area contributed by atoms with Crippen LogP contribution in [0.3, 0.4) is 0 Å².